The Balaban J connectivity index is 2.28. The molecule has 0 spiro atoms. The van der Waals surface area contributed by atoms with Gasteiger partial charge in [0.05, 0.1) is 6.42 Å². The molecule has 0 saturated carbocycles. The second-order valence-corrected chi connectivity index (χ2v) is 8.26. The van der Waals surface area contributed by atoms with E-state index in [9.17, 15) is 14.4 Å². The fraction of sp³-hybridized carbons (Fsp3) is 0.600. The Labute approximate surface area is 193 Å². The molecule has 0 aliphatic carbocycles. The summed E-state index contributed by atoms with van der Waals surface area (Å²) < 4.78 is 5.26. The topological polar surface area (TPSA) is 96.5 Å². The molecule has 0 aliphatic heterocycles. The van der Waals surface area contributed by atoms with Crippen molar-refractivity contribution in [3.05, 3.63) is 42.3 Å². The lowest BCUT2D eigenvalue weighted by atomic mass is 9.98. The van der Waals surface area contributed by atoms with Crippen LogP contribution in [0.5, 0.6) is 0 Å². The summed E-state index contributed by atoms with van der Waals surface area (Å²) in [5, 5.41) is 8.51. The van der Waals surface area contributed by atoms with E-state index >= 15 is 0 Å². The van der Waals surface area contributed by atoms with E-state index in [1.54, 1.807) is 6.42 Å². The third-order valence-electron chi connectivity index (χ3n) is 5.51. The van der Waals surface area contributed by atoms with Crippen molar-refractivity contribution in [1.82, 2.24) is 16.0 Å². The zero-order valence-electron chi connectivity index (χ0n) is 20.0. The molecule has 0 bridgehead atoms. The maximum Gasteiger partial charge on any atom is 0.408 e. The van der Waals surface area contributed by atoms with Gasteiger partial charge >= 0.3 is 6.09 Å². The van der Waals surface area contributed by atoms with Crippen LogP contribution < -0.4 is 16.0 Å². The van der Waals surface area contributed by atoms with E-state index in [1.165, 1.54) is 0 Å². The summed E-state index contributed by atoms with van der Waals surface area (Å²) in [4.78, 5) is 36.5. The first-order chi connectivity index (χ1) is 15.4. The number of ether oxygens (including phenoxy) is 1. The van der Waals surface area contributed by atoms with Gasteiger partial charge in [-0.2, -0.15) is 0 Å². The Morgan fingerprint density at radius 3 is 2.22 bits per heavy atom. The molecule has 1 radical (unpaired) electrons. The van der Waals surface area contributed by atoms with E-state index in [-0.39, 0.29) is 30.3 Å². The quantitative estimate of drug-likeness (QED) is 0.355. The minimum Gasteiger partial charge on any atom is -0.445 e. The zero-order chi connectivity index (χ0) is 23.8. The number of unbranched alkanes of at least 4 members (excludes halogenated alkanes) is 2. The average molecular weight is 447 g/mol. The molecule has 179 valence electrons. The lowest BCUT2D eigenvalue weighted by molar-refractivity contribution is -0.124. The number of carbonyl (C=O) groups is 3. The molecule has 1 rings (SSSR count). The minimum absolute atomic E-state index is 0.0174. The highest BCUT2D eigenvalue weighted by molar-refractivity contribution is 5.86. The van der Waals surface area contributed by atoms with Crippen LogP contribution in [-0.4, -0.2) is 37.0 Å². The van der Waals surface area contributed by atoms with Crippen LogP contribution in [0, 0.1) is 18.3 Å². The van der Waals surface area contributed by atoms with E-state index in [2.05, 4.69) is 22.9 Å². The van der Waals surface area contributed by atoms with Gasteiger partial charge in [0, 0.05) is 13.1 Å². The molecule has 3 amide bonds. The van der Waals surface area contributed by atoms with Crippen LogP contribution in [0.25, 0.3) is 0 Å². The number of nitrogens with one attached hydrogen (secondary N) is 3. The highest BCUT2D eigenvalue weighted by Gasteiger charge is 2.26. The van der Waals surface area contributed by atoms with Gasteiger partial charge in [0.2, 0.25) is 11.8 Å². The van der Waals surface area contributed by atoms with Crippen LogP contribution in [-0.2, 0) is 20.9 Å². The highest BCUT2D eigenvalue weighted by atomic mass is 16.5. The van der Waals surface area contributed by atoms with Crippen molar-refractivity contribution in [3.63, 3.8) is 0 Å². The Kier molecular flexibility index (Phi) is 13.8. The molecule has 3 unspecified atom stereocenters. The van der Waals surface area contributed by atoms with Gasteiger partial charge in [-0.25, -0.2) is 4.79 Å². The van der Waals surface area contributed by atoms with Crippen molar-refractivity contribution in [1.29, 1.82) is 0 Å². The van der Waals surface area contributed by atoms with E-state index in [4.69, 9.17) is 4.74 Å². The molecular formula is C25H40N3O4. The fourth-order valence-corrected chi connectivity index (χ4v) is 2.99. The molecule has 1 aromatic rings. The summed E-state index contributed by atoms with van der Waals surface area (Å²) in [5.74, 6) is 0.0471. The number of benzene rings is 1. The van der Waals surface area contributed by atoms with Gasteiger partial charge in [-0.3, -0.25) is 9.59 Å². The first-order valence-electron chi connectivity index (χ1n) is 11.7. The van der Waals surface area contributed by atoms with E-state index in [1.807, 2.05) is 51.1 Å². The molecule has 0 aliphatic rings. The molecule has 0 fully saturated rings. The highest BCUT2D eigenvalue weighted by Crippen LogP contribution is 2.09. The summed E-state index contributed by atoms with van der Waals surface area (Å²) in [7, 11) is 0. The summed E-state index contributed by atoms with van der Waals surface area (Å²) in [6.07, 6.45) is 5.38. The van der Waals surface area contributed by atoms with Crippen molar-refractivity contribution >= 4 is 17.9 Å². The monoisotopic (exact) mass is 446 g/mol. The molecule has 0 aromatic heterocycles. The summed E-state index contributed by atoms with van der Waals surface area (Å²) in [5.41, 5.74) is 0.890. The molecule has 7 nitrogen and oxygen atoms in total. The van der Waals surface area contributed by atoms with Crippen molar-refractivity contribution < 1.29 is 19.1 Å². The van der Waals surface area contributed by atoms with Gasteiger partial charge in [0.1, 0.15) is 12.6 Å². The zero-order valence-corrected chi connectivity index (χ0v) is 20.0. The minimum atomic E-state index is -0.640. The maximum absolute atomic E-state index is 12.6. The van der Waals surface area contributed by atoms with Crippen LogP contribution in [0.4, 0.5) is 4.79 Å². The number of rotatable bonds is 15. The smallest absolute Gasteiger partial charge is 0.408 e. The largest absolute Gasteiger partial charge is 0.445 e. The lowest BCUT2D eigenvalue weighted by Gasteiger charge is -2.23. The second kappa shape index (κ2) is 16.1. The SMILES string of the molecule is CCC(C)[CH]C(=O)NCCCCCNC(=O)C(NC(=O)OCc1ccccc1)C(C)CC. The molecule has 7 heteroatoms. The molecule has 3 N–H and O–H groups in total. The van der Waals surface area contributed by atoms with Gasteiger partial charge in [-0.05, 0) is 36.7 Å². The summed E-state index contributed by atoms with van der Waals surface area (Å²) in [6.45, 7) is 9.30. The number of alkyl carbamates (subject to hydrolysis) is 1. The van der Waals surface area contributed by atoms with Crippen LogP contribution >= 0.6 is 0 Å². The maximum atomic E-state index is 12.6. The summed E-state index contributed by atoms with van der Waals surface area (Å²) in [6, 6.07) is 8.77. The van der Waals surface area contributed by atoms with E-state index < -0.39 is 12.1 Å². The van der Waals surface area contributed by atoms with E-state index in [0.29, 0.717) is 13.1 Å². The number of amides is 3. The molecule has 0 heterocycles. The van der Waals surface area contributed by atoms with Crippen molar-refractivity contribution in [3.8, 4) is 0 Å². The predicted octanol–water partition coefficient (Wildman–Crippen LogP) is 3.98. The van der Waals surface area contributed by atoms with Crippen molar-refractivity contribution in [2.75, 3.05) is 13.1 Å². The van der Waals surface area contributed by atoms with E-state index in [0.717, 1.165) is 37.7 Å². The first-order valence-corrected chi connectivity index (χ1v) is 11.7. The van der Waals surface area contributed by atoms with Crippen molar-refractivity contribution in [2.45, 2.75) is 72.4 Å². The Hall–Kier alpha value is -2.57. The van der Waals surface area contributed by atoms with Gasteiger partial charge in [0.25, 0.3) is 0 Å². The number of carbonyl (C=O) groups excluding carboxylic acids is 3. The lowest BCUT2D eigenvalue weighted by Crippen LogP contribution is -2.50. The molecule has 3 atom stereocenters. The van der Waals surface area contributed by atoms with Crippen LogP contribution in [0.1, 0.15) is 65.4 Å². The van der Waals surface area contributed by atoms with Gasteiger partial charge in [0.15, 0.2) is 0 Å². The van der Waals surface area contributed by atoms with Gasteiger partial charge in [-0.15, -0.1) is 0 Å². The third kappa shape index (κ3) is 11.7. The standard InChI is InChI=1S/C25H40N3O4/c1-5-19(3)17-22(29)26-15-11-8-12-16-27-24(30)23(20(4)6-2)28-25(31)32-18-21-13-9-7-10-14-21/h7,9-10,13-14,17,19-20,23H,5-6,8,11-12,15-16,18H2,1-4H3,(H,26,29)(H,27,30)(H,28,31). The van der Waals surface area contributed by atoms with Crippen LogP contribution in [0.2, 0.25) is 0 Å². The van der Waals surface area contributed by atoms with Gasteiger partial charge < -0.3 is 20.7 Å². The van der Waals surface area contributed by atoms with Crippen molar-refractivity contribution in [2.24, 2.45) is 11.8 Å². The Morgan fingerprint density at radius 2 is 1.59 bits per heavy atom. The second-order valence-electron chi connectivity index (χ2n) is 8.26. The third-order valence-corrected chi connectivity index (χ3v) is 5.51. The summed E-state index contributed by atoms with van der Waals surface area (Å²) >= 11 is 0. The van der Waals surface area contributed by atoms with Gasteiger partial charge in [-0.1, -0.05) is 70.9 Å². The van der Waals surface area contributed by atoms with Crippen LogP contribution in [0.15, 0.2) is 30.3 Å². The number of hydrogen-bond donors (Lipinski definition) is 3. The Bertz CT molecular complexity index is 681. The number of hydrogen-bond acceptors (Lipinski definition) is 4. The molecule has 0 saturated heterocycles. The van der Waals surface area contributed by atoms with Crippen LogP contribution in [0.3, 0.4) is 0 Å². The predicted molar refractivity (Wildman–Crippen MR) is 127 cm³/mol. The fourth-order valence-electron chi connectivity index (χ4n) is 2.99. The molecule has 1 aromatic carbocycles. The first kappa shape index (κ1) is 27.5. The normalized spacial score (nSPS) is 13.5. The molecule has 32 heavy (non-hydrogen) atoms. The average Bonchev–Trinajstić information content (AvgIpc) is 2.80. The molecular weight excluding hydrogens is 406 g/mol. The Morgan fingerprint density at radius 1 is 0.938 bits per heavy atom.